The summed E-state index contributed by atoms with van der Waals surface area (Å²) in [5, 5.41) is 2.70. The van der Waals surface area contributed by atoms with E-state index in [0.717, 1.165) is 12.8 Å². The zero-order valence-electron chi connectivity index (χ0n) is 18.5. The molecular weight excluding hydrogens is 356 g/mol. The molecule has 0 saturated heterocycles. The number of allylic oxidation sites excluding steroid dienone is 3. The molecule has 2 aromatic rings. The largest absolute Gasteiger partial charge is 0.403 e. The SMILES string of the molecule is CC(C)=CCC/C=C(\C)CO[Si](c1ccccc1)(c1ccccc1)C(C)(C)C. The topological polar surface area (TPSA) is 9.23 Å². The van der Waals surface area contributed by atoms with Crippen LogP contribution in [0.25, 0.3) is 0 Å². The van der Waals surface area contributed by atoms with Crippen molar-refractivity contribution >= 4 is 18.7 Å². The second-order valence-corrected chi connectivity index (χ2v) is 13.2. The number of hydrogen-bond donors (Lipinski definition) is 0. The van der Waals surface area contributed by atoms with Gasteiger partial charge in [0, 0.05) is 0 Å². The normalized spacial score (nSPS) is 12.7. The third-order valence-corrected chi connectivity index (χ3v) is 10.1. The van der Waals surface area contributed by atoms with Crippen LogP contribution in [0.2, 0.25) is 5.04 Å². The van der Waals surface area contributed by atoms with Crippen LogP contribution in [0.4, 0.5) is 0 Å². The summed E-state index contributed by atoms with van der Waals surface area (Å²) in [7, 11) is -2.43. The van der Waals surface area contributed by atoms with E-state index in [4.69, 9.17) is 4.43 Å². The first kappa shape index (κ1) is 22.4. The molecule has 0 spiro atoms. The fraction of sp³-hybridized carbons (Fsp3) is 0.385. The molecule has 0 amide bonds. The zero-order chi connectivity index (χ0) is 20.6. The number of hydrogen-bond acceptors (Lipinski definition) is 1. The minimum absolute atomic E-state index is 0.0258. The molecule has 150 valence electrons. The lowest BCUT2D eigenvalue weighted by molar-refractivity contribution is 0.329. The van der Waals surface area contributed by atoms with Crippen molar-refractivity contribution in [1.82, 2.24) is 0 Å². The van der Waals surface area contributed by atoms with Crippen molar-refractivity contribution < 1.29 is 4.43 Å². The van der Waals surface area contributed by atoms with Crippen LogP contribution in [-0.4, -0.2) is 14.9 Å². The number of benzene rings is 2. The van der Waals surface area contributed by atoms with E-state index in [1.165, 1.54) is 21.5 Å². The number of rotatable bonds is 8. The molecule has 0 saturated carbocycles. The predicted octanol–water partition coefficient (Wildman–Crippen LogP) is 6.26. The lowest BCUT2D eigenvalue weighted by Crippen LogP contribution is -2.66. The van der Waals surface area contributed by atoms with Gasteiger partial charge < -0.3 is 4.43 Å². The van der Waals surface area contributed by atoms with Crippen LogP contribution in [0.5, 0.6) is 0 Å². The first-order valence-corrected chi connectivity index (χ1v) is 12.2. The molecule has 0 atom stereocenters. The Morgan fingerprint density at radius 3 is 1.68 bits per heavy atom. The Hall–Kier alpha value is -1.90. The highest BCUT2D eigenvalue weighted by Crippen LogP contribution is 2.36. The van der Waals surface area contributed by atoms with E-state index in [9.17, 15) is 0 Å². The summed E-state index contributed by atoms with van der Waals surface area (Å²) in [6, 6.07) is 21.7. The Bertz CT molecular complexity index is 739. The summed E-state index contributed by atoms with van der Waals surface area (Å²) in [6.07, 6.45) is 6.80. The van der Waals surface area contributed by atoms with Crippen molar-refractivity contribution in [3.63, 3.8) is 0 Å². The molecule has 0 heterocycles. The summed E-state index contributed by atoms with van der Waals surface area (Å²) in [5.41, 5.74) is 2.70. The maximum absolute atomic E-state index is 6.96. The Kier molecular flexibility index (Phi) is 8.03. The van der Waals surface area contributed by atoms with Gasteiger partial charge in [-0.05, 0) is 49.0 Å². The van der Waals surface area contributed by atoms with E-state index in [-0.39, 0.29) is 5.04 Å². The molecule has 0 aliphatic heterocycles. The molecule has 0 aliphatic carbocycles. The highest BCUT2D eigenvalue weighted by Gasteiger charge is 2.50. The smallest absolute Gasteiger partial charge is 0.261 e. The van der Waals surface area contributed by atoms with E-state index in [1.807, 2.05) is 0 Å². The van der Waals surface area contributed by atoms with Gasteiger partial charge in [-0.1, -0.05) is 105 Å². The van der Waals surface area contributed by atoms with Gasteiger partial charge in [0.2, 0.25) is 0 Å². The molecule has 0 unspecified atom stereocenters. The van der Waals surface area contributed by atoms with Crippen LogP contribution < -0.4 is 10.4 Å². The highest BCUT2D eigenvalue weighted by atomic mass is 28.4. The van der Waals surface area contributed by atoms with E-state index < -0.39 is 8.32 Å². The summed E-state index contributed by atoms with van der Waals surface area (Å²) in [6.45, 7) is 14.2. The van der Waals surface area contributed by atoms with Crippen LogP contribution >= 0.6 is 0 Å². The minimum atomic E-state index is -2.43. The van der Waals surface area contributed by atoms with Gasteiger partial charge in [0.25, 0.3) is 8.32 Å². The van der Waals surface area contributed by atoms with Crippen LogP contribution in [0, 0.1) is 0 Å². The summed E-state index contributed by atoms with van der Waals surface area (Å²) in [4.78, 5) is 0. The third kappa shape index (κ3) is 5.56. The molecular formula is C26H36OSi. The van der Waals surface area contributed by atoms with Crippen LogP contribution in [0.3, 0.4) is 0 Å². The Morgan fingerprint density at radius 2 is 1.25 bits per heavy atom. The first-order valence-electron chi connectivity index (χ1n) is 10.3. The summed E-state index contributed by atoms with van der Waals surface area (Å²) < 4.78 is 6.96. The molecule has 0 bridgehead atoms. The van der Waals surface area contributed by atoms with Crippen molar-refractivity contribution in [2.24, 2.45) is 0 Å². The van der Waals surface area contributed by atoms with E-state index in [2.05, 4.69) is 114 Å². The van der Waals surface area contributed by atoms with Crippen molar-refractivity contribution in [1.29, 1.82) is 0 Å². The predicted molar refractivity (Wildman–Crippen MR) is 126 cm³/mol. The molecule has 1 nitrogen and oxygen atoms in total. The van der Waals surface area contributed by atoms with E-state index >= 15 is 0 Å². The van der Waals surface area contributed by atoms with Crippen LogP contribution in [0.1, 0.15) is 54.4 Å². The molecule has 2 aromatic carbocycles. The first-order chi connectivity index (χ1) is 13.3. The maximum Gasteiger partial charge on any atom is 0.261 e. The molecule has 0 N–H and O–H groups in total. The minimum Gasteiger partial charge on any atom is -0.403 e. The lowest BCUT2D eigenvalue weighted by Gasteiger charge is -2.43. The zero-order valence-corrected chi connectivity index (χ0v) is 19.5. The highest BCUT2D eigenvalue weighted by molar-refractivity contribution is 6.99. The van der Waals surface area contributed by atoms with E-state index in [0.29, 0.717) is 6.61 Å². The Balaban J connectivity index is 2.37. The van der Waals surface area contributed by atoms with Crippen molar-refractivity contribution in [2.75, 3.05) is 6.61 Å². The molecule has 2 heteroatoms. The molecule has 0 aliphatic rings. The lowest BCUT2D eigenvalue weighted by atomic mass is 10.2. The molecule has 0 radical (unpaired) electrons. The average Bonchev–Trinajstić information content (AvgIpc) is 2.66. The van der Waals surface area contributed by atoms with Gasteiger partial charge >= 0.3 is 0 Å². The van der Waals surface area contributed by atoms with Crippen molar-refractivity contribution in [3.8, 4) is 0 Å². The van der Waals surface area contributed by atoms with Gasteiger partial charge in [0.15, 0.2) is 0 Å². The van der Waals surface area contributed by atoms with Crippen molar-refractivity contribution in [2.45, 2.75) is 59.4 Å². The van der Waals surface area contributed by atoms with Gasteiger partial charge in [0.05, 0.1) is 6.61 Å². The van der Waals surface area contributed by atoms with Gasteiger partial charge in [-0.15, -0.1) is 0 Å². The molecule has 0 aromatic heterocycles. The summed E-state index contributed by atoms with van der Waals surface area (Å²) in [5.74, 6) is 0. The third-order valence-electron chi connectivity index (χ3n) is 5.15. The van der Waals surface area contributed by atoms with Crippen LogP contribution in [0.15, 0.2) is 84.0 Å². The monoisotopic (exact) mass is 392 g/mol. The second kappa shape index (κ2) is 10.0. The van der Waals surface area contributed by atoms with Gasteiger partial charge in [-0.3, -0.25) is 0 Å². The van der Waals surface area contributed by atoms with Crippen LogP contribution in [-0.2, 0) is 4.43 Å². The molecule has 2 rings (SSSR count). The van der Waals surface area contributed by atoms with Gasteiger partial charge in [-0.2, -0.15) is 0 Å². The quantitative estimate of drug-likeness (QED) is 0.293. The Labute approximate surface area is 173 Å². The average molecular weight is 393 g/mol. The molecule has 28 heavy (non-hydrogen) atoms. The Morgan fingerprint density at radius 1 is 0.786 bits per heavy atom. The van der Waals surface area contributed by atoms with Gasteiger partial charge in [0.1, 0.15) is 0 Å². The van der Waals surface area contributed by atoms with Crippen molar-refractivity contribution in [3.05, 3.63) is 84.0 Å². The molecule has 0 fully saturated rings. The van der Waals surface area contributed by atoms with Gasteiger partial charge in [-0.25, -0.2) is 0 Å². The second-order valence-electron chi connectivity index (χ2n) is 8.86. The standard InChI is InChI=1S/C26H36OSi/c1-22(2)15-13-14-16-23(3)21-27-28(26(4,5)6,24-17-9-7-10-18-24)25-19-11-8-12-20-25/h7-12,15-20H,13-14,21H2,1-6H3/b23-16+. The maximum atomic E-state index is 6.96. The number of unbranched alkanes of at least 4 members (excludes halogenated alkanes) is 1. The van der Waals surface area contributed by atoms with E-state index in [1.54, 1.807) is 0 Å². The fourth-order valence-corrected chi connectivity index (χ4v) is 8.34. The summed E-state index contributed by atoms with van der Waals surface area (Å²) >= 11 is 0. The fourth-order valence-electron chi connectivity index (χ4n) is 3.74.